The molecule has 0 bridgehead atoms. The molecular formula is C17H17FN6O2. The van der Waals surface area contributed by atoms with Gasteiger partial charge in [-0.3, -0.25) is 14.3 Å². The van der Waals surface area contributed by atoms with Crippen molar-refractivity contribution < 1.29 is 4.39 Å². The molecule has 1 N–H and O–H groups in total. The average Bonchev–Trinajstić information content (AvgIpc) is 3.13. The zero-order valence-electron chi connectivity index (χ0n) is 14.5. The summed E-state index contributed by atoms with van der Waals surface area (Å²) in [6.07, 6.45) is 0. The fourth-order valence-corrected chi connectivity index (χ4v) is 3.17. The van der Waals surface area contributed by atoms with Gasteiger partial charge in [0.2, 0.25) is 5.78 Å². The highest BCUT2D eigenvalue weighted by atomic mass is 19.1. The summed E-state index contributed by atoms with van der Waals surface area (Å²) in [5.41, 5.74) is 0.396. The van der Waals surface area contributed by atoms with Gasteiger partial charge < -0.3 is 4.57 Å². The molecule has 3 aromatic heterocycles. The van der Waals surface area contributed by atoms with E-state index in [9.17, 15) is 14.0 Å². The molecule has 1 aromatic carbocycles. The van der Waals surface area contributed by atoms with Crippen molar-refractivity contribution in [3.05, 3.63) is 50.9 Å². The average molecular weight is 356 g/mol. The fraction of sp³-hybridized carbons (Fsp3) is 0.294. The minimum absolute atomic E-state index is 0.247. The summed E-state index contributed by atoms with van der Waals surface area (Å²) < 4.78 is 18.1. The van der Waals surface area contributed by atoms with Crippen LogP contribution in [-0.4, -0.2) is 28.7 Å². The molecule has 0 saturated heterocycles. The predicted molar refractivity (Wildman–Crippen MR) is 94.6 cm³/mol. The molecule has 0 saturated carbocycles. The van der Waals surface area contributed by atoms with Gasteiger partial charge in [0.05, 0.1) is 0 Å². The van der Waals surface area contributed by atoms with Crippen LogP contribution in [-0.2, 0) is 13.6 Å². The van der Waals surface area contributed by atoms with Gasteiger partial charge in [-0.15, -0.1) is 10.2 Å². The van der Waals surface area contributed by atoms with Gasteiger partial charge in [0, 0.05) is 19.2 Å². The second-order valence-corrected chi connectivity index (χ2v) is 6.66. The maximum atomic E-state index is 13.3. The lowest BCUT2D eigenvalue weighted by Gasteiger charge is -2.07. The number of nitrogens with zero attached hydrogens (tertiary/aromatic N) is 5. The summed E-state index contributed by atoms with van der Waals surface area (Å²) >= 11 is 0. The van der Waals surface area contributed by atoms with E-state index in [-0.39, 0.29) is 11.7 Å². The van der Waals surface area contributed by atoms with Gasteiger partial charge in [0.25, 0.3) is 5.56 Å². The van der Waals surface area contributed by atoms with Gasteiger partial charge >= 0.3 is 5.69 Å². The van der Waals surface area contributed by atoms with Crippen molar-refractivity contribution >= 4 is 16.9 Å². The van der Waals surface area contributed by atoms with E-state index in [1.165, 1.54) is 16.7 Å². The van der Waals surface area contributed by atoms with Gasteiger partial charge in [-0.05, 0) is 30.2 Å². The minimum atomic E-state index is -0.523. The molecule has 0 aliphatic rings. The van der Waals surface area contributed by atoms with Crippen molar-refractivity contribution in [2.45, 2.75) is 20.4 Å². The van der Waals surface area contributed by atoms with Crippen molar-refractivity contribution in [2.24, 2.45) is 13.0 Å². The van der Waals surface area contributed by atoms with E-state index in [4.69, 9.17) is 0 Å². The van der Waals surface area contributed by atoms with E-state index in [0.717, 1.165) is 0 Å². The van der Waals surface area contributed by atoms with Crippen LogP contribution in [0.25, 0.3) is 28.3 Å². The molecule has 8 nitrogen and oxygen atoms in total. The molecule has 0 unspecified atom stereocenters. The summed E-state index contributed by atoms with van der Waals surface area (Å²) in [7, 11) is 1.58. The van der Waals surface area contributed by atoms with Crippen LogP contribution in [0.5, 0.6) is 0 Å². The van der Waals surface area contributed by atoms with Gasteiger partial charge in [-0.2, -0.15) is 0 Å². The Balaban J connectivity index is 2.19. The Morgan fingerprint density at radius 3 is 2.50 bits per heavy atom. The molecule has 0 aliphatic carbocycles. The van der Waals surface area contributed by atoms with E-state index < -0.39 is 11.2 Å². The van der Waals surface area contributed by atoms with E-state index in [2.05, 4.69) is 15.2 Å². The molecule has 0 fully saturated rings. The van der Waals surface area contributed by atoms with Crippen LogP contribution in [0.2, 0.25) is 0 Å². The first-order valence-electron chi connectivity index (χ1n) is 8.21. The number of benzene rings is 1. The van der Waals surface area contributed by atoms with E-state index >= 15 is 0 Å². The van der Waals surface area contributed by atoms with E-state index in [0.29, 0.717) is 34.9 Å². The molecule has 0 atom stereocenters. The molecular weight excluding hydrogens is 339 g/mol. The largest absolute Gasteiger partial charge is 0.329 e. The monoisotopic (exact) mass is 356 g/mol. The third kappa shape index (κ3) is 2.27. The molecule has 4 rings (SSSR count). The minimum Gasteiger partial charge on any atom is -0.302 e. The number of halogens is 1. The number of H-pyrrole nitrogens is 1. The second-order valence-electron chi connectivity index (χ2n) is 6.66. The molecule has 3 heterocycles. The third-order valence-corrected chi connectivity index (χ3v) is 4.29. The number of imidazole rings is 1. The predicted octanol–water partition coefficient (Wildman–Crippen LogP) is 1.53. The maximum Gasteiger partial charge on any atom is 0.329 e. The number of aromatic amines is 1. The molecule has 0 amide bonds. The zero-order chi connectivity index (χ0) is 18.6. The van der Waals surface area contributed by atoms with Crippen LogP contribution >= 0.6 is 0 Å². The van der Waals surface area contributed by atoms with Gasteiger partial charge in [0.1, 0.15) is 5.82 Å². The summed E-state index contributed by atoms with van der Waals surface area (Å²) in [5, 5.41) is 8.45. The highest BCUT2D eigenvalue weighted by Gasteiger charge is 2.23. The lowest BCUT2D eigenvalue weighted by atomic mass is 10.2. The molecule has 0 radical (unpaired) electrons. The highest BCUT2D eigenvalue weighted by Crippen LogP contribution is 2.24. The van der Waals surface area contributed by atoms with Gasteiger partial charge in [0.15, 0.2) is 17.0 Å². The number of hydrogen-bond acceptors (Lipinski definition) is 4. The first-order chi connectivity index (χ1) is 12.4. The van der Waals surface area contributed by atoms with E-state index in [1.807, 2.05) is 13.8 Å². The maximum absolute atomic E-state index is 13.3. The molecule has 26 heavy (non-hydrogen) atoms. The molecule has 4 aromatic rings. The van der Waals surface area contributed by atoms with Crippen LogP contribution in [0.1, 0.15) is 13.8 Å². The first kappa shape index (κ1) is 16.2. The second kappa shape index (κ2) is 5.65. The number of aryl methyl sites for hydroxylation is 1. The van der Waals surface area contributed by atoms with Crippen LogP contribution in [0.4, 0.5) is 4.39 Å². The van der Waals surface area contributed by atoms with Crippen LogP contribution in [0.15, 0.2) is 33.9 Å². The lowest BCUT2D eigenvalue weighted by molar-refractivity contribution is 0.539. The lowest BCUT2D eigenvalue weighted by Crippen LogP contribution is -2.29. The smallest absolute Gasteiger partial charge is 0.302 e. The Morgan fingerprint density at radius 2 is 1.85 bits per heavy atom. The summed E-state index contributed by atoms with van der Waals surface area (Å²) in [5.74, 6) is 0.783. The third-order valence-electron chi connectivity index (χ3n) is 4.29. The molecule has 134 valence electrons. The number of fused-ring (bicyclic) bond motifs is 3. The highest BCUT2D eigenvalue weighted by molar-refractivity contribution is 5.79. The van der Waals surface area contributed by atoms with Gasteiger partial charge in [-0.25, -0.2) is 13.6 Å². The number of nitrogens with one attached hydrogen (secondary N) is 1. The Hall–Kier alpha value is -3.23. The Bertz CT molecular complexity index is 1240. The molecule has 9 heteroatoms. The Kier molecular flexibility index (Phi) is 3.53. The quantitative estimate of drug-likeness (QED) is 0.603. The van der Waals surface area contributed by atoms with Crippen molar-refractivity contribution in [3.8, 4) is 11.4 Å². The molecule has 0 aliphatic heterocycles. The normalized spacial score (nSPS) is 11.9. The number of rotatable bonds is 3. The van der Waals surface area contributed by atoms with Crippen LogP contribution in [0, 0.1) is 11.7 Å². The van der Waals surface area contributed by atoms with E-state index in [1.54, 1.807) is 28.1 Å². The SMILES string of the molecule is CC(C)Cn1c2c(=O)[nH]c(=O)n(C)c2n2c(-c3ccc(F)cc3)nnc12. The molecule has 0 spiro atoms. The van der Waals surface area contributed by atoms with Crippen LogP contribution in [0.3, 0.4) is 0 Å². The van der Waals surface area contributed by atoms with Gasteiger partial charge in [-0.1, -0.05) is 13.8 Å². The Labute approximate surface area is 146 Å². The number of hydrogen-bond donors (Lipinski definition) is 1. The summed E-state index contributed by atoms with van der Waals surface area (Å²) in [6, 6.07) is 5.83. The standard InChI is InChI=1S/C17H17FN6O2/c1-9(2)8-23-12-14(25)19-17(26)22(3)15(12)24-13(20-21-16(23)24)10-4-6-11(18)7-5-10/h4-7,9H,8H2,1-3H3,(H,19,25,26). The first-order valence-corrected chi connectivity index (χ1v) is 8.21. The summed E-state index contributed by atoms with van der Waals surface area (Å²) in [4.78, 5) is 27.0. The topological polar surface area (TPSA) is 90.0 Å². The van der Waals surface area contributed by atoms with Crippen molar-refractivity contribution in [3.63, 3.8) is 0 Å². The fourth-order valence-electron chi connectivity index (χ4n) is 3.17. The number of aromatic nitrogens is 6. The summed E-state index contributed by atoms with van der Waals surface area (Å²) in [6.45, 7) is 4.58. The van der Waals surface area contributed by atoms with Crippen molar-refractivity contribution in [1.82, 2.24) is 28.7 Å². The van der Waals surface area contributed by atoms with Crippen molar-refractivity contribution in [2.75, 3.05) is 0 Å². The van der Waals surface area contributed by atoms with Crippen molar-refractivity contribution in [1.29, 1.82) is 0 Å². The van der Waals surface area contributed by atoms with Crippen LogP contribution < -0.4 is 11.2 Å². The Morgan fingerprint density at radius 1 is 1.15 bits per heavy atom. The zero-order valence-corrected chi connectivity index (χ0v) is 14.5.